The van der Waals surface area contributed by atoms with E-state index in [-0.39, 0.29) is 5.92 Å². The highest BCUT2D eigenvalue weighted by atomic mass is 35.5. The van der Waals surface area contributed by atoms with Crippen molar-refractivity contribution in [2.45, 2.75) is 19.3 Å². The molecule has 27 heavy (non-hydrogen) atoms. The summed E-state index contributed by atoms with van der Waals surface area (Å²) in [5, 5.41) is 6.72. The highest BCUT2D eigenvalue weighted by molar-refractivity contribution is 6.43. The van der Waals surface area contributed by atoms with E-state index in [4.69, 9.17) is 46.4 Å². The molecule has 4 aromatic carbocycles. The first-order valence-electron chi connectivity index (χ1n) is 8.69. The molecular formula is C23H16Cl4. The summed E-state index contributed by atoms with van der Waals surface area (Å²) in [7, 11) is 0. The molecule has 0 spiro atoms. The molecule has 0 fully saturated rings. The lowest BCUT2D eigenvalue weighted by Gasteiger charge is -2.18. The fourth-order valence-electron chi connectivity index (χ4n) is 3.77. The second-order valence-corrected chi connectivity index (χ2v) is 8.40. The number of fused-ring (bicyclic) bond motifs is 2. The van der Waals surface area contributed by atoms with Crippen LogP contribution in [-0.2, 0) is 6.42 Å². The minimum absolute atomic E-state index is 0.270. The molecule has 0 aliphatic heterocycles. The van der Waals surface area contributed by atoms with Gasteiger partial charge in [0.2, 0.25) is 0 Å². The summed E-state index contributed by atoms with van der Waals surface area (Å²) in [6.45, 7) is 2.22. The third kappa shape index (κ3) is 3.41. The van der Waals surface area contributed by atoms with Gasteiger partial charge in [-0.25, -0.2) is 0 Å². The topological polar surface area (TPSA) is 0 Å². The summed E-state index contributed by atoms with van der Waals surface area (Å²) < 4.78 is 0. The molecule has 0 aliphatic carbocycles. The lowest BCUT2D eigenvalue weighted by molar-refractivity contribution is 0.770. The van der Waals surface area contributed by atoms with E-state index in [0.29, 0.717) is 20.1 Å². The van der Waals surface area contributed by atoms with E-state index in [0.717, 1.165) is 28.0 Å². The second-order valence-electron chi connectivity index (χ2n) is 6.77. The van der Waals surface area contributed by atoms with Gasteiger partial charge in [0, 0.05) is 30.9 Å². The average molecular weight is 434 g/mol. The van der Waals surface area contributed by atoms with Gasteiger partial charge in [-0.3, -0.25) is 0 Å². The van der Waals surface area contributed by atoms with Gasteiger partial charge >= 0.3 is 0 Å². The molecule has 0 aliphatic rings. The van der Waals surface area contributed by atoms with Crippen molar-refractivity contribution in [2.75, 3.05) is 0 Å². The van der Waals surface area contributed by atoms with E-state index in [1.54, 1.807) is 0 Å². The third-order valence-electron chi connectivity index (χ3n) is 5.06. The van der Waals surface area contributed by atoms with Crippen LogP contribution in [0.4, 0.5) is 0 Å². The highest BCUT2D eigenvalue weighted by Crippen LogP contribution is 2.38. The van der Waals surface area contributed by atoms with Crippen LogP contribution in [0.15, 0.2) is 60.7 Å². The van der Waals surface area contributed by atoms with E-state index < -0.39 is 0 Å². The number of hydrogen-bond acceptors (Lipinski definition) is 0. The Kier molecular flexibility index (Phi) is 5.27. The smallest absolute Gasteiger partial charge is 0.0499 e. The largest absolute Gasteiger partial charge is 0.0836 e. The van der Waals surface area contributed by atoms with E-state index in [2.05, 4.69) is 31.2 Å². The van der Waals surface area contributed by atoms with Crippen molar-refractivity contribution in [3.8, 4) is 0 Å². The van der Waals surface area contributed by atoms with Crippen LogP contribution in [-0.4, -0.2) is 0 Å². The molecule has 1 atom stereocenters. The third-order valence-corrected chi connectivity index (χ3v) is 6.32. The van der Waals surface area contributed by atoms with E-state index >= 15 is 0 Å². The van der Waals surface area contributed by atoms with Crippen LogP contribution >= 0.6 is 46.4 Å². The maximum absolute atomic E-state index is 6.40. The molecule has 4 heteroatoms. The van der Waals surface area contributed by atoms with Gasteiger partial charge in [0.15, 0.2) is 0 Å². The van der Waals surface area contributed by atoms with Gasteiger partial charge in [-0.2, -0.15) is 0 Å². The number of hydrogen-bond donors (Lipinski definition) is 0. The van der Waals surface area contributed by atoms with Gasteiger partial charge in [-0.05, 0) is 58.5 Å². The lowest BCUT2D eigenvalue weighted by atomic mass is 9.88. The zero-order chi connectivity index (χ0) is 19.1. The first kappa shape index (κ1) is 18.9. The molecule has 0 saturated carbocycles. The van der Waals surface area contributed by atoms with Crippen molar-refractivity contribution in [1.82, 2.24) is 0 Å². The first-order valence-corrected chi connectivity index (χ1v) is 10.2. The molecule has 4 aromatic rings. The monoisotopic (exact) mass is 432 g/mol. The number of rotatable bonds is 3. The Morgan fingerprint density at radius 2 is 1.15 bits per heavy atom. The Morgan fingerprint density at radius 3 is 1.81 bits per heavy atom. The van der Waals surface area contributed by atoms with Gasteiger partial charge in [0.05, 0.1) is 0 Å². The maximum atomic E-state index is 6.40. The van der Waals surface area contributed by atoms with Gasteiger partial charge < -0.3 is 0 Å². The summed E-state index contributed by atoms with van der Waals surface area (Å²) in [4.78, 5) is 0. The van der Waals surface area contributed by atoms with Gasteiger partial charge in [0.25, 0.3) is 0 Å². The van der Waals surface area contributed by atoms with Crippen molar-refractivity contribution >= 4 is 67.9 Å². The Labute approximate surface area is 178 Å². The SMILES string of the molecule is CC(Cc1ccc(Cl)c2c(Cl)cccc12)c1ccc(Cl)c2c(Cl)cccc12. The number of benzene rings is 4. The Morgan fingerprint density at radius 1 is 0.630 bits per heavy atom. The van der Waals surface area contributed by atoms with E-state index in [1.165, 1.54) is 11.1 Å². The summed E-state index contributed by atoms with van der Waals surface area (Å²) in [6.07, 6.45) is 0.858. The molecule has 0 aromatic heterocycles. The van der Waals surface area contributed by atoms with E-state index in [1.807, 2.05) is 36.4 Å². The number of halogens is 4. The van der Waals surface area contributed by atoms with Gasteiger partial charge in [-0.1, -0.05) is 89.7 Å². The zero-order valence-electron chi connectivity index (χ0n) is 14.6. The van der Waals surface area contributed by atoms with Crippen molar-refractivity contribution in [2.24, 2.45) is 0 Å². The normalized spacial score (nSPS) is 12.6. The molecule has 0 amide bonds. The molecule has 0 saturated heterocycles. The Hall–Kier alpha value is -1.44. The first-order chi connectivity index (χ1) is 13.0. The Balaban J connectivity index is 1.82. The molecule has 136 valence electrons. The standard InChI is InChI=1S/C23H16Cl4/c1-13(15-9-11-21(27)23-17(15)5-3-7-19(23)25)12-14-8-10-20(26)22-16(14)4-2-6-18(22)24/h2-11,13H,12H2,1H3. The summed E-state index contributed by atoms with van der Waals surface area (Å²) in [6, 6.07) is 19.9. The fourth-order valence-corrected chi connectivity index (χ4v) is 4.95. The predicted molar refractivity (Wildman–Crippen MR) is 120 cm³/mol. The second kappa shape index (κ2) is 7.53. The molecule has 0 nitrogen and oxygen atoms in total. The van der Waals surface area contributed by atoms with Crippen LogP contribution in [0.5, 0.6) is 0 Å². The van der Waals surface area contributed by atoms with Crippen LogP contribution in [0.25, 0.3) is 21.5 Å². The van der Waals surface area contributed by atoms with Gasteiger partial charge in [-0.15, -0.1) is 0 Å². The van der Waals surface area contributed by atoms with Crippen molar-refractivity contribution in [3.63, 3.8) is 0 Å². The molecule has 0 radical (unpaired) electrons. The minimum Gasteiger partial charge on any atom is -0.0836 e. The van der Waals surface area contributed by atoms with Crippen molar-refractivity contribution in [1.29, 1.82) is 0 Å². The van der Waals surface area contributed by atoms with Crippen LogP contribution in [0.3, 0.4) is 0 Å². The fraction of sp³-hybridized carbons (Fsp3) is 0.130. The quantitative estimate of drug-likeness (QED) is 0.302. The molecule has 4 rings (SSSR count). The molecule has 0 N–H and O–H groups in total. The van der Waals surface area contributed by atoms with Crippen LogP contribution in [0, 0.1) is 0 Å². The highest BCUT2D eigenvalue weighted by Gasteiger charge is 2.16. The Bertz CT molecular complexity index is 1150. The molecule has 0 heterocycles. The van der Waals surface area contributed by atoms with Crippen LogP contribution in [0.2, 0.25) is 20.1 Å². The average Bonchev–Trinajstić information content (AvgIpc) is 2.64. The summed E-state index contributed by atoms with van der Waals surface area (Å²) in [5.41, 5.74) is 2.44. The summed E-state index contributed by atoms with van der Waals surface area (Å²) >= 11 is 25.6. The van der Waals surface area contributed by atoms with Crippen LogP contribution in [0.1, 0.15) is 24.0 Å². The maximum Gasteiger partial charge on any atom is 0.0499 e. The van der Waals surface area contributed by atoms with Crippen LogP contribution < -0.4 is 0 Å². The minimum atomic E-state index is 0.270. The van der Waals surface area contributed by atoms with Crippen molar-refractivity contribution in [3.05, 3.63) is 91.9 Å². The lowest BCUT2D eigenvalue weighted by Crippen LogP contribution is -2.01. The molecule has 1 unspecified atom stereocenters. The zero-order valence-corrected chi connectivity index (χ0v) is 17.6. The molecule has 0 bridgehead atoms. The summed E-state index contributed by atoms with van der Waals surface area (Å²) in [5.74, 6) is 0.270. The van der Waals surface area contributed by atoms with Gasteiger partial charge in [0.1, 0.15) is 0 Å². The van der Waals surface area contributed by atoms with E-state index in [9.17, 15) is 0 Å². The molecular weight excluding hydrogens is 418 g/mol. The predicted octanol–water partition coefficient (Wildman–Crippen LogP) is 8.95. The van der Waals surface area contributed by atoms with Crippen molar-refractivity contribution < 1.29 is 0 Å².